The number of aromatic nitrogens is 2. The van der Waals surface area contributed by atoms with Gasteiger partial charge in [0.2, 0.25) is 5.91 Å². The van der Waals surface area contributed by atoms with E-state index in [4.69, 9.17) is 28.2 Å². The standard InChI is InChI=1S/C24H21Cl2N3O/c1-14-8-9-29-21(13-23(30)27-18-6-7-19(25)20(26)12-18)24(28-22(29)10-14)17-5-4-15(2)16(3)11-17/h4-12H,13H2,1-3H3,(H,27,30). The summed E-state index contributed by atoms with van der Waals surface area (Å²) in [6.45, 7) is 6.19. The van der Waals surface area contributed by atoms with Crippen molar-refractivity contribution in [2.75, 3.05) is 5.32 Å². The van der Waals surface area contributed by atoms with Crippen LogP contribution in [0.25, 0.3) is 16.9 Å². The topological polar surface area (TPSA) is 46.4 Å². The molecule has 0 bridgehead atoms. The summed E-state index contributed by atoms with van der Waals surface area (Å²) in [5, 5.41) is 3.75. The van der Waals surface area contributed by atoms with E-state index in [2.05, 4.69) is 37.4 Å². The number of nitrogens with zero attached hydrogens (tertiary/aromatic N) is 2. The van der Waals surface area contributed by atoms with Gasteiger partial charge in [-0.05, 0) is 73.9 Å². The van der Waals surface area contributed by atoms with Crippen LogP contribution in [0, 0.1) is 20.8 Å². The summed E-state index contributed by atoms with van der Waals surface area (Å²) in [5.74, 6) is -0.152. The van der Waals surface area contributed by atoms with E-state index < -0.39 is 0 Å². The molecule has 0 spiro atoms. The first-order valence-corrected chi connectivity index (χ1v) is 10.4. The number of hydrogen-bond acceptors (Lipinski definition) is 2. The minimum Gasteiger partial charge on any atom is -0.326 e. The Morgan fingerprint density at radius 2 is 1.77 bits per heavy atom. The van der Waals surface area contributed by atoms with Crippen molar-refractivity contribution in [1.82, 2.24) is 9.38 Å². The Balaban J connectivity index is 1.73. The molecule has 152 valence electrons. The third kappa shape index (κ3) is 4.07. The molecule has 0 aliphatic carbocycles. The number of aryl methyl sites for hydroxylation is 3. The van der Waals surface area contributed by atoms with E-state index in [-0.39, 0.29) is 12.3 Å². The van der Waals surface area contributed by atoms with Gasteiger partial charge >= 0.3 is 0 Å². The van der Waals surface area contributed by atoms with E-state index in [1.807, 2.05) is 29.7 Å². The van der Waals surface area contributed by atoms with Crippen molar-refractivity contribution in [1.29, 1.82) is 0 Å². The minimum atomic E-state index is -0.152. The van der Waals surface area contributed by atoms with Gasteiger partial charge in [-0.25, -0.2) is 4.98 Å². The maximum Gasteiger partial charge on any atom is 0.230 e. The van der Waals surface area contributed by atoms with Crippen molar-refractivity contribution in [2.24, 2.45) is 0 Å². The number of fused-ring (bicyclic) bond motifs is 1. The van der Waals surface area contributed by atoms with Gasteiger partial charge in [-0.15, -0.1) is 0 Å². The van der Waals surface area contributed by atoms with Crippen LogP contribution in [-0.4, -0.2) is 15.3 Å². The van der Waals surface area contributed by atoms with Crippen molar-refractivity contribution in [2.45, 2.75) is 27.2 Å². The molecule has 4 aromatic rings. The SMILES string of the molecule is Cc1ccn2c(CC(=O)Nc3ccc(Cl)c(Cl)c3)c(-c3ccc(C)c(C)c3)nc2c1. The summed E-state index contributed by atoms with van der Waals surface area (Å²) in [4.78, 5) is 17.7. The number of amides is 1. The largest absolute Gasteiger partial charge is 0.326 e. The Kier molecular flexibility index (Phi) is 5.54. The molecular weight excluding hydrogens is 417 g/mol. The summed E-state index contributed by atoms with van der Waals surface area (Å²) >= 11 is 12.0. The Bertz CT molecular complexity index is 1280. The lowest BCUT2D eigenvalue weighted by Gasteiger charge is -2.09. The number of nitrogens with one attached hydrogen (secondary N) is 1. The van der Waals surface area contributed by atoms with E-state index in [0.717, 1.165) is 28.2 Å². The molecule has 6 heteroatoms. The van der Waals surface area contributed by atoms with Crippen LogP contribution in [0.3, 0.4) is 0 Å². The fourth-order valence-corrected chi connectivity index (χ4v) is 3.72. The fourth-order valence-electron chi connectivity index (χ4n) is 3.42. The molecule has 0 unspecified atom stereocenters. The van der Waals surface area contributed by atoms with Crippen LogP contribution in [0.2, 0.25) is 10.0 Å². The summed E-state index contributed by atoms with van der Waals surface area (Å²) in [6, 6.07) is 15.3. The molecule has 0 aliphatic rings. The maximum atomic E-state index is 12.9. The van der Waals surface area contributed by atoms with Gasteiger partial charge in [-0.3, -0.25) is 4.79 Å². The van der Waals surface area contributed by atoms with Crippen LogP contribution in [0.5, 0.6) is 0 Å². The lowest BCUT2D eigenvalue weighted by atomic mass is 10.0. The van der Waals surface area contributed by atoms with Gasteiger partial charge in [0.25, 0.3) is 0 Å². The van der Waals surface area contributed by atoms with Crippen LogP contribution in [0.15, 0.2) is 54.7 Å². The highest BCUT2D eigenvalue weighted by atomic mass is 35.5. The molecule has 1 N–H and O–H groups in total. The quantitative estimate of drug-likeness (QED) is 0.400. The first-order valence-electron chi connectivity index (χ1n) is 9.62. The molecule has 0 aliphatic heterocycles. The molecule has 0 fully saturated rings. The Morgan fingerprint density at radius 1 is 0.967 bits per heavy atom. The summed E-state index contributed by atoms with van der Waals surface area (Å²) < 4.78 is 1.98. The van der Waals surface area contributed by atoms with Gasteiger partial charge in [-0.2, -0.15) is 0 Å². The number of halogens is 2. The molecule has 2 aromatic heterocycles. The van der Waals surface area contributed by atoms with Crippen LogP contribution in [0.4, 0.5) is 5.69 Å². The normalized spacial score (nSPS) is 11.1. The number of anilines is 1. The monoisotopic (exact) mass is 437 g/mol. The third-order valence-corrected chi connectivity index (χ3v) is 5.93. The lowest BCUT2D eigenvalue weighted by molar-refractivity contribution is -0.115. The van der Waals surface area contributed by atoms with Crippen molar-refractivity contribution >= 4 is 40.4 Å². The van der Waals surface area contributed by atoms with Crippen LogP contribution in [-0.2, 0) is 11.2 Å². The average Bonchev–Trinajstić information content (AvgIpc) is 3.04. The Hall–Kier alpha value is -2.82. The highest BCUT2D eigenvalue weighted by molar-refractivity contribution is 6.42. The first-order chi connectivity index (χ1) is 14.3. The molecule has 4 rings (SSSR count). The minimum absolute atomic E-state index is 0.152. The first kappa shape index (κ1) is 20.5. The second-order valence-electron chi connectivity index (χ2n) is 7.49. The number of hydrogen-bond donors (Lipinski definition) is 1. The molecule has 30 heavy (non-hydrogen) atoms. The van der Waals surface area contributed by atoms with Crippen molar-refractivity contribution in [3.63, 3.8) is 0 Å². The zero-order valence-corrected chi connectivity index (χ0v) is 18.5. The van der Waals surface area contributed by atoms with Gasteiger partial charge in [0, 0.05) is 17.4 Å². The average molecular weight is 438 g/mol. The van der Waals surface area contributed by atoms with Crippen molar-refractivity contribution in [3.05, 3.63) is 87.2 Å². The van der Waals surface area contributed by atoms with Crippen molar-refractivity contribution in [3.8, 4) is 11.3 Å². The number of benzene rings is 2. The van der Waals surface area contributed by atoms with Gasteiger partial charge in [0.1, 0.15) is 5.65 Å². The molecule has 1 amide bonds. The predicted molar refractivity (Wildman–Crippen MR) is 124 cm³/mol. The molecule has 0 radical (unpaired) electrons. The Labute approximate surface area is 185 Å². The molecule has 4 nitrogen and oxygen atoms in total. The summed E-state index contributed by atoms with van der Waals surface area (Å²) in [7, 11) is 0. The van der Waals surface area contributed by atoms with E-state index in [0.29, 0.717) is 15.7 Å². The van der Waals surface area contributed by atoms with E-state index in [1.54, 1.807) is 18.2 Å². The molecule has 2 aromatic carbocycles. The smallest absolute Gasteiger partial charge is 0.230 e. The van der Waals surface area contributed by atoms with Crippen LogP contribution in [0.1, 0.15) is 22.4 Å². The molecule has 0 saturated heterocycles. The summed E-state index contributed by atoms with van der Waals surface area (Å²) in [6.07, 6.45) is 2.14. The Morgan fingerprint density at radius 3 is 2.50 bits per heavy atom. The van der Waals surface area contributed by atoms with Gasteiger partial charge in [-0.1, -0.05) is 35.3 Å². The number of carbonyl (C=O) groups is 1. The van der Waals surface area contributed by atoms with E-state index >= 15 is 0 Å². The molecule has 2 heterocycles. The maximum absolute atomic E-state index is 12.9. The van der Waals surface area contributed by atoms with Crippen molar-refractivity contribution < 1.29 is 4.79 Å². The number of rotatable bonds is 4. The number of carbonyl (C=O) groups excluding carboxylic acids is 1. The highest BCUT2D eigenvalue weighted by Gasteiger charge is 2.18. The molecule has 0 atom stereocenters. The van der Waals surface area contributed by atoms with Crippen LogP contribution < -0.4 is 5.32 Å². The fraction of sp³-hybridized carbons (Fsp3) is 0.167. The lowest BCUT2D eigenvalue weighted by Crippen LogP contribution is -2.16. The second-order valence-corrected chi connectivity index (χ2v) is 8.31. The van der Waals surface area contributed by atoms with Gasteiger partial charge < -0.3 is 9.72 Å². The summed E-state index contributed by atoms with van der Waals surface area (Å²) in [5.41, 5.74) is 7.60. The van der Waals surface area contributed by atoms with E-state index in [9.17, 15) is 4.79 Å². The predicted octanol–water partition coefficient (Wildman–Crippen LogP) is 6.41. The van der Waals surface area contributed by atoms with Crippen LogP contribution >= 0.6 is 23.2 Å². The molecular formula is C24H21Cl2N3O. The number of pyridine rings is 1. The van der Waals surface area contributed by atoms with Gasteiger partial charge in [0.15, 0.2) is 0 Å². The third-order valence-electron chi connectivity index (χ3n) is 5.19. The zero-order chi connectivity index (χ0) is 21.4. The van der Waals surface area contributed by atoms with E-state index in [1.165, 1.54) is 11.1 Å². The zero-order valence-electron chi connectivity index (χ0n) is 17.0. The molecule has 0 saturated carbocycles. The second kappa shape index (κ2) is 8.13. The van der Waals surface area contributed by atoms with Gasteiger partial charge in [0.05, 0.1) is 27.9 Å². The highest BCUT2D eigenvalue weighted by Crippen LogP contribution is 2.28. The number of imidazole rings is 1.